The minimum absolute atomic E-state index is 0.000898. The number of aryl methyl sites for hydroxylation is 1. The monoisotopic (exact) mass is 345 g/mol. The van der Waals surface area contributed by atoms with Gasteiger partial charge in [0, 0.05) is 6.04 Å². The van der Waals surface area contributed by atoms with Crippen LogP contribution in [0.1, 0.15) is 56.0 Å². The fourth-order valence-electron chi connectivity index (χ4n) is 2.67. The van der Waals surface area contributed by atoms with Crippen molar-refractivity contribution >= 4 is 10.0 Å². The van der Waals surface area contributed by atoms with Gasteiger partial charge in [-0.05, 0) is 36.0 Å². The van der Waals surface area contributed by atoms with Crippen LogP contribution in [0.2, 0.25) is 0 Å². The number of hydrogen-bond donors (Lipinski definition) is 1. The van der Waals surface area contributed by atoms with Gasteiger partial charge in [-0.1, -0.05) is 74.9 Å². The van der Waals surface area contributed by atoms with Gasteiger partial charge in [-0.3, -0.25) is 0 Å². The molecule has 0 heterocycles. The normalized spacial score (nSPS) is 13.7. The molecule has 130 valence electrons. The zero-order valence-electron chi connectivity index (χ0n) is 15.1. The molecule has 0 unspecified atom stereocenters. The second kappa shape index (κ2) is 7.08. The lowest BCUT2D eigenvalue weighted by atomic mass is 9.86. The van der Waals surface area contributed by atoms with Gasteiger partial charge in [0.15, 0.2) is 0 Å². The van der Waals surface area contributed by atoms with Crippen LogP contribution in [0.15, 0.2) is 48.5 Å². The number of sulfonamides is 1. The van der Waals surface area contributed by atoms with Crippen LogP contribution in [0.25, 0.3) is 0 Å². The Morgan fingerprint density at radius 3 is 2.21 bits per heavy atom. The van der Waals surface area contributed by atoms with Crippen LogP contribution in [0.4, 0.5) is 0 Å². The SMILES string of the molecule is Cc1cccc(CS(=O)(=O)N[C@@H](C)c2ccc(C(C)(C)C)cc2)c1. The quantitative estimate of drug-likeness (QED) is 0.869. The van der Waals surface area contributed by atoms with Gasteiger partial charge in [-0.2, -0.15) is 0 Å². The highest BCUT2D eigenvalue weighted by Gasteiger charge is 2.18. The van der Waals surface area contributed by atoms with Crippen LogP contribution in [0.3, 0.4) is 0 Å². The van der Waals surface area contributed by atoms with Gasteiger partial charge in [-0.15, -0.1) is 0 Å². The molecule has 0 bridgehead atoms. The van der Waals surface area contributed by atoms with E-state index in [4.69, 9.17) is 0 Å². The Balaban J connectivity index is 2.09. The van der Waals surface area contributed by atoms with Gasteiger partial charge in [0.25, 0.3) is 0 Å². The van der Waals surface area contributed by atoms with Crippen LogP contribution in [-0.4, -0.2) is 8.42 Å². The number of benzene rings is 2. The molecule has 0 aliphatic carbocycles. The smallest absolute Gasteiger partial charge is 0.212 e. The topological polar surface area (TPSA) is 46.2 Å². The van der Waals surface area contributed by atoms with Crippen molar-refractivity contribution in [2.45, 2.75) is 51.8 Å². The van der Waals surface area contributed by atoms with E-state index in [1.54, 1.807) is 0 Å². The minimum atomic E-state index is -3.39. The molecule has 1 atom stereocenters. The van der Waals surface area contributed by atoms with Crippen molar-refractivity contribution in [3.63, 3.8) is 0 Å². The van der Waals surface area contributed by atoms with Crippen molar-refractivity contribution in [2.24, 2.45) is 0 Å². The summed E-state index contributed by atoms with van der Waals surface area (Å²) in [6.45, 7) is 10.3. The molecule has 3 nitrogen and oxygen atoms in total. The summed E-state index contributed by atoms with van der Waals surface area (Å²) in [7, 11) is -3.39. The summed E-state index contributed by atoms with van der Waals surface area (Å²) in [6.07, 6.45) is 0. The van der Waals surface area contributed by atoms with Crippen molar-refractivity contribution in [2.75, 3.05) is 0 Å². The van der Waals surface area contributed by atoms with Gasteiger partial charge < -0.3 is 0 Å². The molecule has 2 rings (SSSR count). The highest BCUT2D eigenvalue weighted by Crippen LogP contribution is 2.24. The lowest BCUT2D eigenvalue weighted by Crippen LogP contribution is -2.28. The first-order valence-corrected chi connectivity index (χ1v) is 9.88. The first-order valence-electron chi connectivity index (χ1n) is 8.23. The summed E-state index contributed by atoms with van der Waals surface area (Å²) in [5.74, 6) is -0.000898. The van der Waals surface area contributed by atoms with Crippen LogP contribution in [0.5, 0.6) is 0 Å². The maximum atomic E-state index is 12.4. The van der Waals surface area contributed by atoms with E-state index >= 15 is 0 Å². The molecule has 0 aliphatic heterocycles. The Kier molecular flexibility index (Phi) is 5.51. The maximum Gasteiger partial charge on any atom is 0.216 e. The zero-order chi connectivity index (χ0) is 18.0. The highest BCUT2D eigenvalue weighted by molar-refractivity contribution is 7.88. The van der Waals surface area contributed by atoms with Gasteiger partial charge >= 0.3 is 0 Å². The van der Waals surface area contributed by atoms with Crippen LogP contribution in [0, 0.1) is 6.92 Å². The Labute approximate surface area is 146 Å². The molecule has 2 aromatic carbocycles. The van der Waals surface area contributed by atoms with E-state index in [2.05, 4.69) is 37.6 Å². The molecule has 4 heteroatoms. The van der Waals surface area contributed by atoms with E-state index < -0.39 is 10.0 Å². The van der Waals surface area contributed by atoms with Crippen LogP contribution < -0.4 is 4.72 Å². The molecule has 0 saturated heterocycles. The predicted molar refractivity (Wildman–Crippen MR) is 100 cm³/mol. The van der Waals surface area contributed by atoms with Crippen molar-refractivity contribution in [1.82, 2.24) is 4.72 Å². The molecule has 0 amide bonds. The number of nitrogens with one attached hydrogen (secondary N) is 1. The van der Waals surface area contributed by atoms with Gasteiger partial charge in [0.05, 0.1) is 5.75 Å². The Morgan fingerprint density at radius 1 is 1.04 bits per heavy atom. The van der Waals surface area contributed by atoms with Gasteiger partial charge in [0.2, 0.25) is 10.0 Å². The lowest BCUT2D eigenvalue weighted by Gasteiger charge is -2.20. The van der Waals surface area contributed by atoms with Crippen molar-refractivity contribution < 1.29 is 8.42 Å². The molecule has 0 aromatic heterocycles. The Hall–Kier alpha value is -1.65. The van der Waals surface area contributed by atoms with Crippen LogP contribution >= 0.6 is 0 Å². The third kappa shape index (κ3) is 5.18. The molecular weight excluding hydrogens is 318 g/mol. The Bertz CT molecular complexity index is 787. The summed E-state index contributed by atoms with van der Waals surface area (Å²) in [5.41, 5.74) is 4.16. The summed E-state index contributed by atoms with van der Waals surface area (Å²) >= 11 is 0. The summed E-state index contributed by atoms with van der Waals surface area (Å²) in [6, 6.07) is 15.5. The molecule has 0 aliphatic rings. The van der Waals surface area contributed by atoms with Crippen molar-refractivity contribution in [3.05, 3.63) is 70.8 Å². The first-order chi connectivity index (χ1) is 11.1. The lowest BCUT2D eigenvalue weighted by molar-refractivity contribution is 0.565. The minimum Gasteiger partial charge on any atom is -0.212 e. The van der Waals surface area contributed by atoms with E-state index in [9.17, 15) is 8.42 Å². The van der Waals surface area contributed by atoms with E-state index in [1.165, 1.54) is 5.56 Å². The Morgan fingerprint density at radius 2 is 1.67 bits per heavy atom. The van der Waals surface area contributed by atoms with Crippen molar-refractivity contribution in [1.29, 1.82) is 0 Å². The third-order valence-corrected chi connectivity index (χ3v) is 5.50. The van der Waals surface area contributed by atoms with E-state index in [-0.39, 0.29) is 17.2 Å². The third-order valence-electron chi connectivity index (χ3n) is 4.07. The van der Waals surface area contributed by atoms with E-state index in [1.807, 2.05) is 50.2 Å². The largest absolute Gasteiger partial charge is 0.216 e. The molecule has 0 saturated carbocycles. The standard InChI is InChI=1S/C20H27NO2S/c1-15-7-6-8-17(13-15)14-24(22,23)21-16(2)18-9-11-19(12-10-18)20(3,4)5/h6-13,16,21H,14H2,1-5H3/t16-/m0/s1. The molecule has 0 radical (unpaired) electrons. The second-order valence-corrected chi connectivity index (χ2v) is 9.21. The highest BCUT2D eigenvalue weighted by atomic mass is 32.2. The first kappa shape index (κ1) is 18.7. The fraction of sp³-hybridized carbons (Fsp3) is 0.400. The van der Waals surface area contributed by atoms with E-state index in [0.717, 1.165) is 16.7 Å². The summed E-state index contributed by atoms with van der Waals surface area (Å²) in [4.78, 5) is 0. The molecule has 0 fully saturated rings. The van der Waals surface area contributed by atoms with E-state index in [0.29, 0.717) is 0 Å². The van der Waals surface area contributed by atoms with Crippen LogP contribution in [-0.2, 0) is 21.2 Å². The van der Waals surface area contributed by atoms with Crippen molar-refractivity contribution in [3.8, 4) is 0 Å². The number of hydrogen-bond acceptors (Lipinski definition) is 2. The summed E-state index contributed by atoms with van der Waals surface area (Å²) < 4.78 is 27.6. The zero-order valence-corrected chi connectivity index (χ0v) is 15.9. The maximum absolute atomic E-state index is 12.4. The molecule has 1 N–H and O–H groups in total. The molecule has 24 heavy (non-hydrogen) atoms. The molecular formula is C20H27NO2S. The van der Waals surface area contributed by atoms with Gasteiger partial charge in [-0.25, -0.2) is 13.1 Å². The second-order valence-electron chi connectivity index (χ2n) is 7.46. The summed E-state index contributed by atoms with van der Waals surface area (Å²) in [5, 5.41) is 0. The average molecular weight is 346 g/mol. The average Bonchev–Trinajstić information content (AvgIpc) is 2.45. The van der Waals surface area contributed by atoms with Gasteiger partial charge in [0.1, 0.15) is 0 Å². The molecule has 2 aromatic rings. The number of rotatable bonds is 5. The fourth-order valence-corrected chi connectivity index (χ4v) is 4.05. The predicted octanol–water partition coefficient (Wildman–Crippen LogP) is 4.47. The molecule has 0 spiro atoms.